The molecule has 0 saturated carbocycles. The highest BCUT2D eigenvalue weighted by molar-refractivity contribution is 5.79. The number of carbonyl (C=O) groups is 1. The van der Waals surface area contributed by atoms with Crippen LogP contribution in [0.5, 0.6) is 0 Å². The molecule has 1 amide bonds. The molecule has 6 nitrogen and oxygen atoms in total. The highest BCUT2D eigenvalue weighted by Gasteiger charge is 2.14. The fourth-order valence-corrected chi connectivity index (χ4v) is 1.34. The van der Waals surface area contributed by atoms with Gasteiger partial charge in [0, 0.05) is 32.8 Å². The van der Waals surface area contributed by atoms with Gasteiger partial charge in [0.2, 0.25) is 5.91 Å². The van der Waals surface area contributed by atoms with E-state index in [1.165, 1.54) is 0 Å². The number of hydrogen-bond donors (Lipinski definition) is 2. The highest BCUT2D eigenvalue weighted by Crippen LogP contribution is 1.93. The lowest BCUT2D eigenvalue weighted by Crippen LogP contribution is -2.47. The van der Waals surface area contributed by atoms with Gasteiger partial charge in [-0.25, -0.2) is 0 Å². The van der Waals surface area contributed by atoms with Crippen molar-refractivity contribution in [3.63, 3.8) is 0 Å². The van der Waals surface area contributed by atoms with Crippen molar-refractivity contribution in [2.75, 3.05) is 46.1 Å². The van der Waals surface area contributed by atoms with E-state index >= 15 is 0 Å². The summed E-state index contributed by atoms with van der Waals surface area (Å²) in [6.45, 7) is 8.38. The number of rotatable bonds is 11. The molecule has 0 spiro atoms. The Hall–Kier alpha value is -0.690. The SMILES string of the molecule is CCOCCN(CCOCC)CC(N)C(N)=O. The monoisotopic (exact) mass is 247 g/mol. The van der Waals surface area contributed by atoms with Gasteiger partial charge >= 0.3 is 0 Å². The fourth-order valence-electron chi connectivity index (χ4n) is 1.34. The van der Waals surface area contributed by atoms with Crippen LogP contribution in [0, 0.1) is 0 Å². The molecule has 0 radical (unpaired) electrons. The number of primary amides is 1. The van der Waals surface area contributed by atoms with Gasteiger partial charge in [-0.15, -0.1) is 0 Å². The van der Waals surface area contributed by atoms with E-state index in [0.29, 0.717) is 33.0 Å². The van der Waals surface area contributed by atoms with Crippen LogP contribution in [0.1, 0.15) is 13.8 Å². The molecule has 1 unspecified atom stereocenters. The van der Waals surface area contributed by atoms with E-state index in [4.69, 9.17) is 20.9 Å². The Balaban J connectivity index is 3.95. The standard InChI is InChI=1S/C11H25N3O3/c1-3-16-7-5-14(6-8-17-4-2)9-10(12)11(13)15/h10H,3-9,12H2,1-2H3,(H2,13,15). The molecule has 0 aromatic carbocycles. The van der Waals surface area contributed by atoms with Crippen LogP contribution >= 0.6 is 0 Å². The third-order valence-electron chi connectivity index (χ3n) is 2.33. The van der Waals surface area contributed by atoms with Gasteiger partial charge in [-0.2, -0.15) is 0 Å². The molecule has 0 aliphatic carbocycles. The van der Waals surface area contributed by atoms with Gasteiger partial charge in [-0.3, -0.25) is 9.69 Å². The van der Waals surface area contributed by atoms with Crippen molar-refractivity contribution in [3.05, 3.63) is 0 Å². The quantitative estimate of drug-likeness (QED) is 0.465. The Morgan fingerprint density at radius 1 is 1.18 bits per heavy atom. The van der Waals surface area contributed by atoms with Crippen molar-refractivity contribution >= 4 is 5.91 Å². The molecule has 1 atom stereocenters. The molecule has 6 heteroatoms. The zero-order chi connectivity index (χ0) is 13.1. The van der Waals surface area contributed by atoms with Gasteiger partial charge in [-0.1, -0.05) is 0 Å². The Kier molecular flexibility index (Phi) is 10.0. The molecule has 17 heavy (non-hydrogen) atoms. The van der Waals surface area contributed by atoms with Crippen LogP contribution in [-0.2, 0) is 14.3 Å². The molecule has 0 bridgehead atoms. The summed E-state index contributed by atoms with van der Waals surface area (Å²) < 4.78 is 10.5. The number of ether oxygens (including phenoxy) is 2. The van der Waals surface area contributed by atoms with Crippen molar-refractivity contribution in [2.45, 2.75) is 19.9 Å². The van der Waals surface area contributed by atoms with Gasteiger partial charge in [0.1, 0.15) is 0 Å². The van der Waals surface area contributed by atoms with Crippen LogP contribution in [0.25, 0.3) is 0 Å². The van der Waals surface area contributed by atoms with Gasteiger partial charge in [-0.05, 0) is 13.8 Å². The Morgan fingerprint density at radius 2 is 1.65 bits per heavy atom. The Labute approximate surface area is 103 Å². The van der Waals surface area contributed by atoms with Gasteiger partial charge in [0.15, 0.2) is 0 Å². The summed E-state index contributed by atoms with van der Waals surface area (Å²) in [6.07, 6.45) is 0. The van der Waals surface area contributed by atoms with Crippen molar-refractivity contribution < 1.29 is 14.3 Å². The summed E-state index contributed by atoms with van der Waals surface area (Å²) in [5, 5.41) is 0. The molecule has 0 saturated heterocycles. The summed E-state index contributed by atoms with van der Waals surface area (Å²) >= 11 is 0. The molecule has 0 aliphatic rings. The Bertz CT molecular complexity index is 192. The lowest BCUT2D eigenvalue weighted by molar-refractivity contribution is -0.119. The fraction of sp³-hybridized carbons (Fsp3) is 0.909. The molecular formula is C11H25N3O3. The van der Waals surface area contributed by atoms with E-state index < -0.39 is 11.9 Å². The topological polar surface area (TPSA) is 90.8 Å². The summed E-state index contributed by atoms with van der Waals surface area (Å²) in [6, 6.07) is -0.641. The minimum Gasteiger partial charge on any atom is -0.380 e. The van der Waals surface area contributed by atoms with E-state index in [1.54, 1.807) is 0 Å². The van der Waals surface area contributed by atoms with E-state index in [0.717, 1.165) is 13.1 Å². The number of nitrogens with two attached hydrogens (primary N) is 2. The van der Waals surface area contributed by atoms with Crippen LogP contribution in [0.3, 0.4) is 0 Å². The maximum absolute atomic E-state index is 10.9. The number of carbonyl (C=O) groups excluding carboxylic acids is 1. The van der Waals surface area contributed by atoms with Gasteiger partial charge in [0.05, 0.1) is 19.3 Å². The van der Waals surface area contributed by atoms with E-state index in [1.807, 2.05) is 18.7 Å². The molecule has 0 aromatic heterocycles. The summed E-state index contributed by atoms with van der Waals surface area (Å²) in [7, 11) is 0. The maximum atomic E-state index is 10.9. The smallest absolute Gasteiger partial charge is 0.235 e. The van der Waals surface area contributed by atoms with E-state index in [-0.39, 0.29) is 0 Å². The van der Waals surface area contributed by atoms with Gasteiger partial charge in [0.25, 0.3) is 0 Å². The first-order valence-electron chi connectivity index (χ1n) is 6.04. The van der Waals surface area contributed by atoms with Crippen LogP contribution in [0.4, 0.5) is 0 Å². The second-order valence-corrected chi connectivity index (χ2v) is 3.70. The molecule has 4 N–H and O–H groups in total. The molecule has 0 aliphatic heterocycles. The molecule has 0 aromatic rings. The second kappa shape index (κ2) is 10.5. The van der Waals surface area contributed by atoms with Crippen molar-refractivity contribution in [1.82, 2.24) is 4.90 Å². The summed E-state index contributed by atoms with van der Waals surface area (Å²) in [5.41, 5.74) is 10.8. The second-order valence-electron chi connectivity index (χ2n) is 3.70. The maximum Gasteiger partial charge on any atom is 0.235 e. The van der Waals surface area contributed by atoms with Gasteiger partial charge < -0.3 is 20.9 Å². The van der Waals surface area contributed by atoms with Crippen LogP contribution in [0.15, 0.2) is 0 Å². The zero-order valence-corrected chi connectivity index (χ0v) is 10.9. The molecule has 102 valence electrons. The predicted molar refractivity (Wildman–Crippen MR) is 66.6 cm³/mol. The van der Waals surface area contributed by atoms with Crippen molar-refractivity contribution in [3.8, 4) is 0 Å². The lowest BCUT2D eigenvalue weighted by Gasteiger charge is -2.24. The summed E-state index contributed by atoms with van der Waals surface area (Å²) in [4.78, 5) is 12.9. The average molecular weight is 247 g/mol. The van der Waals surface area contributed by atoms with Crippen molar-refractivity contribution in [1.29, 1.82) is 0 Å². The van der Waals surface area contributed by atoms with E-state index in [2.05, 4.69) is 0 Å². The number of nitrogens with zero attached hydrogens (tertiary/aromatic N) is 1. The minimum absolute atomic E-state index is 0.440. The molecule has 0 heterocycles. The third kappa shape index (κ3) is 9.05. The van der Waals surface area contributed by atoms with Crippen molar-refractivity contribution in [2.24, 2.45) is 11.5 Å². The lowest BCUT2D eigenvalue weighted by atomic mass is 10.2. The largest absolute Gasteiger partial charge is 0.380 e. The first kappa shape index (κ1) is 16.3. The highest BCUT2D eigenvalue weighted by atomic mass is 16.5. The minimum atomic E-state index is -0.641. The first-order valence-corrected chi connectivity index (χ1v) is 6.04. The van der Waals surface area contributed by atoms with Crippen LogP contribution in [0.2, 0.25) is 0 Å². The van der Waals surface area contributed by atoms with Crippen LogP contribution < -0.4 is 11.5 Å². The molecular weight excluding hydrogens is 222 g/mol. The zero-order valence-electron chi connectivity index (χ0n) is 10.9. The molecule has 0 rings (SSSR count). The first-order chi connectivity index (χ1) is 8.11. The Morgan fingerprint density at radius 3 is 2.00 bits per heavy atom. The molecule has 0 fully saturated rings. The van der Waals surface area contributed by atoms with Crippen LogP contribution in [-0.4, -0.2) is 62.9 Å². The number of hydrogen-bond acceptors (Lipinski definition) is 5. The summed E-state index contributed by atoms with van der Waals surface area (Å²) in [5.74, 6) is -0.484. The van der Waals surface area contributed by atoms with E-state index in [9.17, 15) is 4.79 Å². The predicted octanol–water partition coefficient (Wildman–Crippen LogP) is -0.826. The number of amides is 1. The normalized spacial score (nSPS) is 12.9. The third-order valence-corrected chi connectivity index (χ3v) is 2.33. The average Bonchev–Trinajstić information content (AvgIpc) is 2.29.